The molecular formula is C21H23F2N3O2S. The minimum Gasteiger partial charge on any atom is -0.372 e. The van der Waals surface area contributed by atoms with Crippen molar-refractivity contribution in [2.45, 2.75) is 23.8 Å². The van der Waals surface area contributed by atoms with E-state index in [0.717, 1.165) is 23.8 Å². The molecule has 0 saturated carbocycles. The van der Waals surface area contributed by atoms with Gasteiger partial charge in [0.05, 0.1) is 6.54 Å². The second kappa shape index (κ2) is 9.47. The number of benzene rings is 2. The monoisotopic (exact) mass is 419 g/mol. The quantitative estimate of drug-likeness (QED) is 0.631. The first kappa shape index (κ1) is 21.4. The zero-order valence-corrected chi connectivity index (χ0v) is 16.9. The van der Waals surface area contributed by atoms with Crippen LogP contribution >= 0.6 is 11.8 Å². The normalized spacial score (nSPS) is 19.9. The van der Waals surface area contributed by atoms with Gasteiger partial charge in [0, 0.05) is 12.7 Å². The number of carbonyl (C=O) groups is 1. The van der Waals surface area contributed by atoms with E-state index in [1.54, 1.807) is 5.01 Å². The molecule has 2 N–H and O–H groups in total. The SMILES string of the molecule is CO[C@H](C=O)CN1N=C(c2cc(F)ccc2F)S[C@]1(CCCN)c1ccccc1. The predicted molar refractivity (Wildman–Crippen MR) is 110 cm³/mol. The smallest absolute Gasteiger partial charge is 0.150 e. The highest BCUT2D eigenvalue weighted by Crippen LogP contribution is 2.50. The molecule has 3 rings (SSSR count). The van der Waals surface area contributed by atoms with Crippen LogP contribution in [0.1, 0.15) is 24.0 Å². The van der Waals surface area contributed by atoms with Crippen LogP contribution in [0.2, 0.25) is 0 Å². The lowest BCUT2D eigenvalue weighted by Crippen LogP contribution is -2.42. The number of nitrogens with two attached hydrogens (primary N) is 1. The lowest BCUT2D eigenvalue weighted by Gasteiger charge is -2.38. The zero-order chi connectivity index (χ0) is 20.9. The van der Waals surface area contributed by atoms with E-state index in [1.165, 1.54) is 18.9 Å². The summed E-state index contributed by atoms with van der Waals surface area (Å²) in [5.41, 5.74) is 6.80. The summed E-state index contributed by atoms with van der Waals surface area (Å²) < 4.78 is 33.5. The van der Waals surface area contributed by atoms with Gasteiger partial charge in [-0.3, -0.25) is 5.01 Å². The number of nitrogens with zero attached hydrogens (tertiary/aromatic N) is 2. The average Bonchev–Trinajstić information content (AvgIpc) is 3.12. The second-order valence-corrected chi connectivity index (χ2v) is 7.93. The van der Waals surface area contributed by atoms with Gasteiger partial charge < -0.3 is 15.3 Å². The predicted octanol–water partition coefficient (Wildman–Crippen LogP) is 3.48. The molecule has 1 aliphatic rings. The summed E-state index contributed by atoms with van der Waals surface area (Å²) in [5, 5.41) is 6.70. The van der Waals surface area contributed by atoms with Crippen LogP contribution < -0.4 is 5.73 Å². The zero-order valence-electron chi connectivity index (χ0n) is 16.1. The average molecular weight is 419 g/mol. The van der Waals surface area contributed by atoms with Crippen LogP contribution in [-0.4, -0.2) is 42.6 Å². The Kier molecular flexibility index (Phi) is 7.00. The van der Waals surface area contributed by atoms with Gasteiger partial charge in [0.1, 0.15) is 27.7 Å². The first-order chi connectivity index (χ1) is 14.0. The van der Waals surface area contributed by atoms with Crippen LogP contribution in [0.5, 0.6) is 0 Å². The molecule has 0 amide bonds. The van der Waals surface area contributed by atoms with E-state index < -0.39 is 22.6 Å². The van der Waals surface area contributed by atoms with Crippen molar-refractivity contribution in [1.82, 2.24) is 5.01 Å². The maximum atomic E-state index is 14.5. The number of hydrogen-bond acceptors (Lipinski definition) is 6. The lowest BCUT2D eigenvalue weighted by molar-refractivity contribution is -0.118. The Hall–Kier alpha value is -2.29. The minimum atomic E-state index is -0.714. The van der Waals surface area contributed by atoms with E-state index >= 15 is 0 Å². The summed E-state index contributed by atoms with van der Waals surface area (Å²) in [5.74, 6) is -1.10. The molecule has 8 heteroatoms. The van der Waals surface area contributed by atoms with Gasteiger partial charge in [0.15, 0.2) is 6.29 Å². The van der Waals surface area contributed by atoms with E-state index in [-0.39, 0.29) is 12.1 Å². The Bertz CT molecular complexity index is 881. The molecular weight excluding hydrogens is 396 g/mol. The number of aldehydes is 1. The minimum absolute atomic E-state index is 0.0885. The summed E-state index contributed by atoms with van der Waals surface area (Å²) >= 11 is 1.34. The highest BCUT2D eigenvalue weighted by molar-refractivity contribution is 8.15. The molecule has 0 aliphatic carbocycles. The van der Waals surface area contributed by atoms with E-state index in [0.29, 0.717) is 30.7 Å². The number of methoxy groups -OCH3 is 1. The summed E-state index contributed by atoms with van der Waals surface area (Å²) in [4.78, 5) is 10.7. The van der Waals surface area contributed by atoms with Crippen LogP contribution in [0.4, 0.5) is 8.78 Å². The van der Waals surface area contributed by atoms with Crippen molar-refractivity contribution in [3.63, 3.8) is 0 Å². The van der Waals surface area contributed by atoms with Gasteiger partial charge in [-0.1, -0.05) is 42.1 Å². The highest BCUT2D eigenvalue weighted by atomic mass is 32.2. The van der Waals surface area contributed by atoms with Gasteiger partial charge >= 0.3 is 0 Å². The van der Waals surface area contributed by atoms with Crippen molar-refractivity contribution >= 4 is 23.1 Å². The van der Waals surface area contributed by atoms with Gasteiger partial charge in [0.2, 0.25) is 0 Å². The molecule has 0 bridgehead atoms. The van der Waals surface area contributed by atoms with E-state index in [9.17, 15) is 13.6 Å². The van der Waals surface area contributed by atoms with E-state index in [4.69, 9.17) is 10.5 Å². The molecule has 0 fully saturated rings. The van der Waals surface area contributed by atoms with Crippen molar-refractivity contribution in [1.29, 1.82) is 0 Å². The van der Waals surface area contributed by atoms with Gasteiger partial charge in [-0.05, 0) is 43.1 Å². The molecule has 154 valence electrons. The van der Waals surface area contributed by atoms with Gasteiger partial charge in [0.25, 0.3) is 0 Å². The molecule has 29 heavy (non-hydrogen) atoms. The molecule has 5 nitrogen and oxygen atoms in total. The van der Waals surface area contributed by atoms with E-state index in [1.807, 2.05) is 30.3 Å². The van der Waals surface area contributed by atoms with Crippen LogP contribution in [0, 0.1) is 11.6 Å². The van der Waals surface area contributed by atoms with Crippen molar-refractivity contribution < 1.29 is 18.3 Å². The molecule has 2 aromatic rings. The van der Waals surface area contributed by atoms with Crippen LogP contribution in [-0.2, 0) is 14.4 Å². The van der Waals surface area contributed by atoms with Gasteiger partial charge in [-0.15, -0.1) is 0 Å². The Morgan fingerprint density at radius 1 is 1.28 bits per heavy atom. The van der Waals surface area contributed by atoms with Gasteiger partial charge in [-0.2, -0.15) is 5.10 Å². The number of hydrazone groups is 1. The maximum Gasteiger partial charge on any atom is 0.150 e. The highest BCUT2D eigenvalue weighted by Gasteiger charge is 2.46. The van der Waals surface area contributed by atoms with Crippen molar-refractivity contribution in [3.8, 4) is 0 Å². The fourth-order valence-electron chi connectivity index (χ4n) is 3.30. The van der Waals surface area contributed by atoms with Crippen LogP contribution in [0.25, 0.3) is 0 Å². The molecule has 2 aromatic carbocycles. The fourth-order valence-corrected chi connectivity index (χ4v) is 4.74. The summed E-state index contributed by atoms with van der Waals surface area (Å²) in [6, 6.07) is 12.9. The number of hydrogen-bond donors (Lipinski definition) is 1. The summed E-state index contributed by atoms with van der Waals surface area (Å²) in [6.45, 7) is 0.640. The summed E-state index contributed by atoms with van der Waals surface area (Å²) in [6.07, 6.45) is 1.29. The first-order valence-electron chi connectivity index (χ1n) is 9.28. The molecule has 1 aliphatic heterocycles. The third-order valence-corrected chi connectivity index (χ3v) is 6.29. The number of thioether (sulfide) groups is 1. The third-order valence-electron chi connectivity index (χ3n) is 4.80. The van der Waals surface area contributed by atoms with Gasteiger partial charge in [-0.25, -0.2) is 8.78 Å². The Balaban J connectivity index is 2.09. The Labute approximate surface area is 172 Å². The van der Waals surface area contributed by atoms with Crippen LogP contribution in [0.15, 0.2) is 53.6 Å². The number of rotatable bonds is 9. The second-order valence-electron chi connectivity index (χ2n) is 6.67. The van der Waals surface area contributed by atoms with E-state index in [2.05, 4.69) is 5.10 Å². The lowest BCUT2D eigenvalue weighted by atomic mass is 10.00. The molecule has 0 saturated heterocycles. The number of halogens is 2. The molecule has 0 radical (unpaired) electrons. The third kappa shape index (κ3) is 4.49. The Morgan fingerprint density at radius 3 is 2.69 bits per heavy atom. The van der Waals surface area contributed by atoms with Crippen LogP contribution in [0.3, 0.4) is 0 Å². The molecule has 0 spiro atoms. The fraction of sp³-hybridized carbons (Fsp3) is 0.333. The Morgan fingerprint density at radius 2 is 2.03 bits per heavy atom. The molecule has 0 unspecified atom stereocenters. The standard InChI is InChI=1S/C21H23F2N3O2S/c1-28-17(14-27)13-26-21(10-5-11-24,15-6-3-2-4-7-15)29-20(25-26)18-12-16(22)8-9-19(18)23/h2-4,6-9,12,14,17H,5,10-11,13,24H2,1H3/t17-,21+/m0/s1. The van der Waals surface area contributed by atoms with Crippen molar-refractivity contribution in [3.05, 3.63) is 71.3 Å². The molecule has 0 aromatic heterocycles. The largest absolute Gasteiger partial charge is 0.372 e. The number of ether oxygens (including phenoxy) is 1. The molecule has 1 heterocycles. The molecule has 2 atom stereocenters. The summed E-state index contributed by atoms with van der Waals surface area (Å²) in [7, 11) is 1.45. The number of carbonyl (C=O) groups excluding carboxylic acids is 1. The first-order valence-corrected chi connectivity index (χ1v) is 10.1. The maximum absolute atomic E-state index is 14.5. The van der Waals surface area contributed by atoms with Crippen molar-refractivity contribution in [2.75, 3.05) is 20.2 Å². The topological polar surface area (TPSA) is 67.9 Å². The van der Waals surface area contributed by atoms with Crippen molar-refractivity contribution in [2.24, 2.45) is 10.8 Å².